The molecule has 3 nitrogen and oxygen atoms in total. The molecule has 0 aromatic carbocycles. The van der Waals surface area contributed by atoms with Crippen LogP contribution in [0, 0.1) is 11.8 Å². The van der Waals surface area contributed by atoms with E-state index in [-0.39, 0.29) is 37.3 Å². The Balaban J connectivity index is 2.61. The quantitative estimate of drug-likeness (QED) is 0.773. The van der Waals surface area contributed by atoms with Crippen molar-refractivity contribution in [2.75, 3.05) is 19.6 Å². The number of halogens is 2. The Hall–Kier alpha value is -0.710. The molecule has 1 rings (SSSR count). The summed E-state index contributed by atoms with van der Waals surface area (Å²) in [7, 11) is 0. The van der Waals surface area contributed by atoms with Gasteiger partial charge in [-0.3, -0.25) is 4.79 Å². The maximum absolute atomic E-state index is 12.9. The lowest BCUT2D eigenvalue weighted by Gasteiger charge is -2.24. The fourth-order valence-electron chi connectivity index (χ4n) is 1.82. The number of carbonyl (C=O) groups is 1. The fourth-order valence-corrected chi connectivity index (χ4v) is 1.82. The first-order chi connectivity index (χ1) is 6.87. The molecule has 1 saturated heterocycles. The van der Waals surface area contributed by atoms with Crippen LogP contribution in [0.1, 0.15) is 20.3 Å². The fraction of sp³-hybridized carbons (Fsp3) is 0.900. The lowest BCUT2D eigenvalue weighted by molar-refractivity contribution is -0.137. The molecule has 0 saturated carbocycles. The van der Waals surface area contributed by atoms with Gasteiger partial charge in [-0.05, 0) is 5.92 Å². The van der Waals surface area contributed by atoms with E-state index in [1.807, 2.05) is 13.8 Å². The first-order valence-electron chi connectivity index (χ1n) is 5.24. The van der Waals surface area contributed by atoms with Crippen LogP contribution < -0.4 is 5.73 Å². The molecule has 0 spiro atoms. The molecule has 1 unspecified atom stereocenters. The Bertz CT molecular complexity index is 244. The van der Waals surface area contributed by atoms with E-state index in [1.165, 1.54) is 4.90 Å². The molecule has 1 aliphatic rings. The SMILES string of the molecule is CC(C)C(CN)C(=O)N1CCC(F)(F)C1. The Morgan fingerprint density at radius 2 is 2.13 bits per heavy atom. The van der Waals surface area contributed by atoms with Gasteiger partial charge in [-0.2, -0.15) is 0 Å². The molecular weight excluding hydrogens is 202 g/mol. The molecular formula is C10H18F2N2O. The zero-order valence-corrected chi connectivity index (χ0v) is 9.17. The van der Waals surface area contributed by atoms with Gasteiger partial charge < -0.3 is 10.6 Å². The van der Waals surface area contributed by atoms with Crippen molar-refractivity contribution in [2.24, 2.45) is 17.6 Å². The van der Waals surface area contributed by atoms with Crippen molar-refractivity contribution in [3.05, 3.63) is 0 Å². The summed E-state index contributed by atoms with van der Waals surface area (Å²) >= 11 is 0. The van der Waals surface area contributed by atoms with Gasteiger partial charge in [0.2, 0.25) is 5.91 Å². The minimum Gasteiger partial charge on any atom is -0.336 e. The summed E-state index contributed by atoms with van der Waals surface area (Å²) in [6.45, 7) is 3.68. The van der Waals surface area contributed by atoms with Crippen molar-refractivity contribution in [3.63, 3.8) is 0 Å². The van der Waals surface area contributed by atoms with E-state index in [9.17, 15) is 13.6 Å². The van der Waals surface area contributed by atoms with Crippen LogP contribution in [0.5, 0.6) is 0 Å². The number of nitrogens with two attached hydrogens (primary N) is 1. The Morgan fingerprint density at radius 3 is 2.47 bits per heavy atom. The number of amides is 1. The molecule has 1 heterocycles. The maximum atomic E-state index is 12.9. The first kappa shape index (κ1) is 12.4. The van der Waals surface area contributed by atoms with Crippen LogP contribution in [0.2, 0.25) is 0 Å². The van der Waals surface area contributed by atoms with Crippen molar-refractivity contribution in [1.29, 1.82) is 0 Å². The number of rotatable bonds is 3. The summed E-state index contributed by atoms with van der Waals surface area (Å²) in [6, 6.07) is 0. The summed E-state index contributed by atoms with van der Waals surface area (Å²) in [5.41, 5.74) is 5.47. The summed E-state index contributed by atoms with van der Waals surface area (Å²) in [5.74, 6) is -3.19. The Morgan fingerprint density at radius 1 is 1.53 bits per heavy atom. The van der Waals surface area contributed by atoms with E-state index >= 15 is 0 Å². The van der Waals surface area contributed by atoms with E-state index in [1.54, 1.807) is 0 Å². The van der Waals surface area contributed by atoms with Crippen molar-refractivity contribution in [3.8, 4) is 0 Å². The zero-order chi connectivity index (χ0) is 11.6. The van der Waals surface area contributed by atoms with E-state index in [2.05, 4.69) is 0 Å². The summed E-state index contributed by atoms with van der Waals surface area (Å²) in [4.78, 5) is 13.1. The highest BCUT2D eigenvalue weighted by Gasteiger charge is 2.41. The van der Waals surface area contributed by atoms with E-state index in [0.29, 0.717) is 0 Å². The van der Waals surface area contributed by atoms with E-state index in [0.717, 1.165) is 0 Å². The summed E-state index contributed by atoms with van der Waals surface area (Å²) < 4.78 is 25.8. The number of hydrogen-bond donors (Lipinski definition) is 1. The van der Waals surface area contributed by atoms with Crippen molar-refractivity contribution in [1.82, 2.24) is 4.90 Å². The molecule has 15 heavy (non-hydrogen) atoms. The molecule has 0 radical (unpaired) electrons. The monoisotopic (exact) mass is 220 g/mol. The molecule has 1 aliphatic heterocycles. The third kappa shape index (κ3) is 2.87. The average molecular weight is 220 g/mol. The zero-order valence-electron chi connectivity index (χ0n) is 9.17. The maximum Gasteiger partial charge on any atom is 0.267 e. The number of alkyl halides is 2. The van der Waals surface area contributed by atoms with Crippen LogP contribution in [0.4, 0.5) is 8.78 Å². The minimum absolute atomic E-state index is 0.0942. The summed E-state index contributed by atoms with van der Waals surface area (Å²) in [5, 5.41) is 0. The van der Waals surface area contributed by atoms with Gasteiger partial charge in [0.1, 0.15) is 0 Å². The second-order valence-corrected chi connectivity index (χ2v) is 4.45. The molecule has 1 amide bonds. The Labute approximate surface area is 88.6 Å². The highest BCUT2D eigenvalue weighted by molar-refractivity contribution is 5.79. The lowest BCUT2D eigenvalue weighted by Crippen LogP contribution is -2.41. The number of hydrogen-bond acceptors (Lipinski definition) is 2. The molecule has 0 aromatic heterocycles. The second kappa shape index (κ2) is 4.43. The van der Waals surface area contributed by atoms with Crippen molar-refractivity contribution < 1.29 is 13.6 Å². The van der Waals surface area contributed by atoms with Gasteiger partial charge in [-0.15, -0.1) is 0 Å². The van der Waals surface area contributed by atoms with Crippen molar-refractivity contribution in [2.45, 2.75) is 26.2 Å². The topological polar surface area (TPSA) is 46.3 Å². The van der Waals surface area contributed by atoms with E-state index < -0.39 is 12.5 Å². The summed E-state index contributed by atoms with van der Waals surface area (Å²) in [6.07, 6.45) is -0.228. The standard InChI is InChI=1S/C10H18F2N2O/c1-7(2)8(5-13)9(15)14-4-3-10(11,12)6-14/h7-8H,3-6,13H2,1-2H3. The van der Waals surface area contributed by atoms with Crippen LogP contribution in [0.25, 0.3) is 0 Å². The number of carbonyl (C=O) groups excluding carboxylic acids is 1. The molecule has 1 atom stereocenters. The average Bonchev–Trinajstić information content (AvgIpc) is 2.46. The molecule has 0 aromatic rings. The smallest absolute Gasteiger partial charge is 0.267 e. The molecule has 0 aliphatic carbocycles. The van der Waals surface area contributed by atoms with Gasteiger partial charge in [0.15, 0.2) is 0 Å². The van der Waals surface area contributed by atoms with Crippen LogP contribution in [-0.2, 0) is 4.79 Å². The normalized spacial score (nSPS) is 22.1. The first-order valence-corrected chi connectivity index (χ1v) is 5.24. The molecule has 88 valence electrons. The molecule has 0 bridgehead atoms. The number of nitrogens with zero attached hydrogens (tertiary/aromatic N) is 1. The van der Waals surface area contributed by atoms with Crippen LogP contribution in [0.15, 0.2) is 0 Å². The van der Waals surface area contributed by atoms with Crippen LogP contribution >= 0.6 is 0 Å². The highest BCUT2D eigenvalue weighted by Crippen LogP contribution is 2.28. The molecule has 2 N–H and O–H groups in total. The Kier molecular flexibility index (Phi) is 3.65. The van der Waals surface area contributed by atoms with Gasteiger partial charge in [0, 0.05) is 19.5 Å². The second-order valence-electron chi connectivity index (χ2n) is 4.45. The van der Waals surface area contributed by atoms with Crippen LogP contribution in [0.3, 0.4) is 0 Å². The number of likely N-dealkylation sites (tertiary alicyclic amines) is 1. The highest BCUT2D eigenvalue weighted by atomic mass is 19.3. The van der Waals surface area contributed by atoms with Crippen molar-refractivity contribution >= 4 is 5.91 Å². The van der Waals surface area contributed by atoms with Gasteiger partial charge in [-0.25, -0.2) is 8.78 Å². The minimum atomic E-state index is -2.72. The molecule has 1 fully saturated rings. The largest absolute Gasteiger partial charge is 0.336 e. The third-order valence-electron chi connectivity index (χ3n) is 2.86. The van der Waals surface area contributed by atoms with Gasteiger partial charge in [0.05, 0.1) is 12.5 Å². The predicted molar refractivity (Wildman–Crippen MR) is 53.5 cm³/mol. The van der Waals surface area contributed by atoms with Gasteiger partial charge in [0.25, 0.3) is 5.92 Å². The molecule has 5 heteroatoms. The predicted octanol–water partition coefficient (Wildman–Crippen LogP) is 1.08. The van der Waals surface area contributed by atoms with E-state index in [4.69, 9.17) is 5.73 Å². The third-order valence-corrected chi connectivity index (χ3v) is 2.86. The lowest BCUT2D eigenvalue weighted by atomic mass is 9.94. The van der Waals surface area contributed by atoms with Gasteiger partial charge in [-0.1, -0.05) is 13.8 Å². The van der Waals surface area contributed by atoms with Gasteiger partial charge >= 0.3 is 0 Å². The van der Waals surface area contributed by atoms with Crippen LogP contribution in [-0.4, -0.2) is 36.4 Å².